The summed E-state index contributed by atoms with van der Waals surface area (Å²) >= 11 is 0. The number of pyridine rings is 1. The van der Waals surface area contributed by atoms with Crippen molar-refractivity contribution in [3.63, 3.8) is 0 Å². The standard InChI is InChI=1S/C12H18N4/c1-8-5-9(8)7-16(2)10-3-4-11(12(13)14)15-6-10/h3-4,6,8-9H,5,7H2,1-2H3,(H3,13,14). The number of nitrogen functional groups attached to an aromatic ring is 1. The monoisotopic (exact) mass is 218 g/mol. The summed E-state index contributed by atoms with van der Waals surface area (Å²) < 4.78 is 0. The number of nitrogens with two attached hydrogens (primary N) is 1. The van der Waals surface area contributed by atoms with E-state index in [-0.39, 0.29) is 5.84 Å². The lowest BCUT2D eigenvalue weighted by Crippen LogP contribution is -2.21. The second-order valence-corrected chi connectivity index (χ2v) is 4.67. The molecule has 2 rings (SSSR count). The van der Waals surface area contributed by atoms with Gasteiger partial charge < -0.3 is 10.6 Å². The third kappa shape index (κ3) is 2.32. The van der Waals surface area contributed by atoms with Crippen molar-refractivity contribution < 1.29 is 0 Å². The predicted molar refractivity (Wildman–Crippen MR) is 65.8 cm³/mol. The Balaban J connectivity index is 2.00. The highest BCUT2D eigenvalue weighted by atomic mass is 15.1. The zero-order valence-electron chi connectivity index (χ0n) is 9.77. The number of hydrogen-bond donors (Lipinski definition) is 2. The average Bonchev–Trinajstić information content (AvgIpc) is 2.94. The number of nitrogens with one attached hydrogen (secondary N) is 1. The van der Waals surface area contributed by atoms with Crippen molar-refractivity contribution in [2.45, 2.75) is 13.3 Å². The molecule has 0 aliphatic heterocycles. The molecule has 1 heterocycles. The minimum absolute atomic E-state index is 0.0185. The molecular weight excluding hydrogens is 200 g/mol. The van der Waals surface area contributed by atoms with Gasteiger partial charge in [0.1, 0.15) is 11.5 Å². The lowest BCUT2D eigenvalue weighted by Gasteiger charge is -2.18. The third-order valence-corrected chi connectivity index (χ3v) is 3.25. The van der Waals surface area contributed by atoms with Crippen molar-refractivity contribution in [2.75, 3.05) is 18.5 Å². The summed E-state index contributed by atoms with van der Waals surface area (Å²) in [6.07, 6.45) is 3.12. The van der Waals surface area contributed by atoms with Crippen LogP contribution in [0.1, 0.15) is 19.0 Å². The summed E-state index contributed by atoms with van der Waals surface area (Å²) in [7, 11) is 2.08. The molecule has 0 amide bonds. The van der Waals surface area contributed by atoms with E-state index < -0.39 is 0 Å². The van der Waals surface area contributed by atoms with Gasteiger partial charge in [-0.05, 0) is 30.4 Å². The van der Waals surface area contributed by atoms with E-state index in [4.69, 9.17) is 11.1 Å². The van der Waals surface area contributed by atoms with E-state index in [0.717, 1.165) is 24.1 Å². The molecule has 16 heavy (non-hydrogen) atoms. The summed E-state index contributed by atoms with van der Waals surface area (Å²) in [5, 5.41) is 7.26. The van der Waals surface area contributed by atoms with Gasteiger partial charge in [-0.25, -0.2) is 0 Å². The van der Waals surface area contributed by atoms with Crippen molar-refractivity contribution >= 4 is 11.5 Å². The van der Waals surface area contributed by atoms with Gasteiger partial charge in [0, 0.05) is 13.6 Å². The van der Waals surface area contributed by atoms with Crippen LogP contribution in [0.15, 0.2) is 18.3 Å². The Labute approximate surface area is 96.0 Å². The van der Waals surface area contributed by atoms with Crippen LogP contribution < -0.4 is 10.6 Å². The first-order valence-electron chi connectivity index (χ1n) is 5.59. The van der Waals surface area contributed by atoms with Gasteiger partial charge in [-0.3, -0.25) is 10.4 Å². The van der Waals surface area contributed by atoms with Crippen LogP contribution in [0.2, 0.25) is 0 Å². The van der Waals surface area contributed by atoms with E-state index in [1.807, 2.05) is 6.07 Å². The number of anilines is 1. The van der Waals surface area contributed by atoms with Crippen molar-refractivity contribution in [3.05, 3.63) is 24.0 Å². The highest BCUT2D eigenvalue weighted by molar-refractivity contribution is 5.93. The largest absolute Gasteiger partial charge is 0.382 e. The molecule has 0 saturated heterocycles. The molecule has 1 fully saturated rings. The molecule has 1 aromatic heterocycles. The first-order valence-corrected chi connectivity index (χ1v) is 5.59. The summed E-state index contributed by atoms with van der Waals surface area (Å²) in [6, 6.07) is 3.77. The molecule has 4 nitrogen and oxygen atoms in total. The Morgan fingerprint density at radius 1 is 1.62 bits per heavy atom. The Hall–Kier alpha value is -1.58. The molecule has 0 aromatic carbocycles. The molecule has 4 heteroatoms. The lowest BCUT2D eigenvalue weighted by molar-refractivity contribution is 0.724. The van der Waals surface area contributed by atoms with Gasteiger partial charge in [-0.1, -0.05) is 6.92 Å². The molecule has 1 aliphatic rings. The smallest absolute Gasteiger partial charge is 0.141 e. The van der Waals surface area contributed by atoms with E-state index in [1.54, 1.807) is 12.3 Å². The second kappa shape index (κ2) is 4.12. The summed E-state index contributed by atoms with van der Waals surface area (Å²) in [5.41, 5.74) is 6.98. The fourth-order valence-electron chi connectivity index (χ4n) is 1.88. The zero-order valence-corrected chi connectivity index (χ0v) is 9.77. The molecular formula is C12H18N4. The molecule has 1 aliphatic carbocycles. The Morgan fingerprint density at radius 2 is 2.31 bits per heavy atom. The second-order valence-electron chi connectivity index (χ2n) is 4.67. The van der Waals surface area contributed by atoms with Crippen LogP contribution >= 0.6 is 0 Å². The molecule has 1 saturated carbocycles. The minimum atomic E-state index is 0.0185. The maximum Gasteiger partial charge on any atom is 0.141 e. The van der Waals surface area contributed by atoms with Crippen LogP contribution in [-0.2, 0) is 0 Å². The fraction of sp³-hybridized carbons (Fsp3) is 0.500. The van der Waals surface area contributed by atoms with Crippen LogP contribution in [0.3, 0.4) is 0 Å². The van der Waals surface area contributed by atoms with Gasteiger partial charge in [-0.15, -0.1) is 0 Å². The molecule has 0 bridgehead atoms. The van der Waals surface area contributed by atoms with Crippen molar-refractivity contribution in [2.24, 2.45) is 17.6 Å². The Kier molecular flexibility index (Phi) is 2.81. The van der Waals surface area contributed by atoms with E-state index in [1.165, 1.54) is 6.42 Å². The SMILES string of the molecule is CC1CC1CN(C)c1ccc(C(=N)N)nc1. The number of nitrogens with zero attached hydrogens (tertiary/aromatic N) is 2. The van der Waals surface area contributed by atoms with E-state index in [2.05, 4.69) is 23.9 Å². The predicted octanol–water partition coefficient (Wildman–Crippen LogP) is 1.46. The Morgan fingerprint density at radius 3 is 2.75 bits per heavy atom. The van der Waals surface area contributed by atoms with Gasteiger partial charge in [0.25, 0.3) is 0 Å². The molecule has 2 unspecified atom stereocenters. The van der Waals surface area contributed by atoms with Crippen molar-refractivity contribution in [3.8, 4) is 0 Å². The Bertz CT molecular complexity index is 385. The lowest BCUT2D eigenvalue weighted by atomic mass is 10.2. The molecule has 86 valence electrons. The summed E-state index contributed by atoms with van der Waals surface area (Å²) in [5.74, 6) is 1.72. The molecule has 1 aromatic rings. The van der Waals surface area contributed by atoms with Crippen LogP contribution in [0, 0.1) is 17.2 Å². The van der Waals surface area contributed by atoms with E-state index >= 15 is 0 Å². The maximum absolute atomic E-state index is 7.26. The summed E-state index contributed by atoms with van der Waals surface area (Å²) in [6.45, 7) is 3.37. The van der Waals surface area contributed by atoms with Crippen molar-refractivity contribution in [1.29, 1.82) is 5.41 Å². The van der Waals surface area contributed by atoms with Crippen LogP contribution in [0.4, 0.5) is 5.69 Å². The van der Waals surface area contributed by atoms with Crippen LogP contribution in [0.5, 0.6) is 0 Å². The fourth-order valence-corrected chi connectivity index (χ4v) is 1.88. The molecule has 2 atom stereocenters. The topological polar surface area (TPSA) is 66.0 Å². The summed E-state index contributed by atoms with van der Waals surface area (Å²) in [4.78, 5) is 6.37. The third-order valence-electron chi connectivity index (χ3n) is 3.25. The van der Waals surface area contributed by atoms with E-state index in [0.29, 0.717) is 5.69 Å². The first-order chi connectivity index (χ1) is 7.58. The van der Waals surface area contributed by atoms with Gasteiger partial charge in [0.2, 0.25) is 0 Å². The highest BCUT2D eigenvalue weighted by Crippen LogP contribution is 2.38. The number of rotatable bonds is 4. The van der Waals surface area contributed by atoms with Crippen molar-refractivity contribution in [1.82, 2.24) is 4.98 Å². The van der Waals surface area contributed by atoms with Gasteiger partial charge in [0.15, 0.2) is 0 Å². The van der Waals surface area contributed by atoms with E-state index in [9.17, 15) is 0 Å². The number of aromatic nitrogens is 1. The minimum Gasteiger partial charge on any atom is -0.382 e. The first kappa shape index (κ1) is 10.9. The highest BCUT2D eigenvalue weighted by Gasteiger charge is 2.33. The van der Waals surface area contributed by atoms with Gasteiger partial charge in [-0.2, -0.15) is 0 Å². The molecule has 0 radical (unpaired) electrons. The van der Waals surface area contributed by atoms with Crippen LogP contribution in [0.25, 0.3) is 0 Å². The van der Waals surface area contributed by atoms with Gasteiger partial charge in [0.05, 0.1) is 11.9 Å². The quantitative estimate of drug-likeness (QED) is 0.594. The maximum atomic E-state index is 7.26. The zero-order chi connectivity index (χ0) is 11.7. The number of hydrogen-bond acceptors (Lipinski definition) is 3. The molecule has 0 spiro atoms. The van der Waals surface area contributed by atoms with Gasteiger partial charge >= 0.3 is 0 Å². The average molecular weight is 218 g/mol. The number of amidine groups is 1. The molecule has 3 N–H and O–H groups in total. The normalized spacial score (nSPS) is 22.9. The van der Waals surface area contributed by atoms with Crippen LogP contribution in [-0.4, -0.2) is 24.4 Å².